The summed E-state index contributed by atoms with van der Waals surface area (Å²) in [5, 5.41) is 2.35. The lowest BCUT2D eigenvalue weighted by molar-refractivity contribution is 0.102. The van der Waals surface area contributed by atoms with Crippen LogP contribution in [0.15, 0.2) is 39.5 Å². The van der Waals surface area contributed by atoms with E-state index >= 15 is 0 Å². The highest BCUT2D eigenvalue weighted by molar-refractivity contribution is 9.10. The Morgan fingerprint density at radius 2 is 1.84 bits per heavy atom. The zero-order valence-electron chi connectivity index (χ0n) is 9.25. The summed E-state index contributed by atoms with van der Waals surface area (Å²) in [5.74, 6) is -2.12. The molecule has 3 nitrogen and oxygen atoms in total. The molecule has 0 radical (unpaired) electrons. The minimum Gasteiger partial charge on any atom is -0.319 e. The number of aromatic nitrogens is 1. The minimum absolute atomic E-state index is 0.0663. The predicted octanol–water partition coefficient (Wildman–Crippen LogP) is 4.14. The summed E-state index contributed by atoms with van der Waals surface area (Å²) in [4.78, 5) is 15.7. The normalized spacial score (nSPS) is 10.3. The summed E-state index contributed by atoms with van der Waals surface area (Å²) < 4.78 is 27.2. The number of pyridine rings is 1. The van der Waals surface area contributed by atoms with Gasteiger partial charge in [0.15, 0.2) is 0 Å². The first-order valence-electron chi connectivity index (χ1n) is 5.04. The highest BCUT2D eigenvalue weighted by Crippen LogP contribution is 2.24. The molecule has 0 aliphatic rings. The number of benzene rings is 1. The molecule has 0 unspecified atom stereocenters. The van der Waals surface area contributed by atoms with Crippen LogP contribution >= 0.6 is 31.9 Å². The highest BCUT2D eigenvalue weighted by Gasteiger charge is 2.12. The van der Waals surface area contributed by atoms with Gasteiger partial charge in [-0.05, 0) is 44.0 Å². The monoisotopic (exact) mass is 390 g/mol. The van der Waals surface area contributed by atoms with Crippen molar-refractivity contribution in [2.75, 3.05) is 5.32 Å². The van der Waals surface area contributed by atoms with Crippen LogP contribution in [0, 0.1) is 11.6 Å². The van der Waals surface area contributed by atoms with Gasteiger partial charge in [-0.25, -0.2) is 8.78 Å². The van der Waals surface area contributed by atoms with Gasteiger partial charge in [0.2, 0.25) is 0 Å². The number of halogens is 4. The number of carbonyl (C=O) groups excluding carboxylic acids is 1. The van der Waals surface area contributed by atoms with Gasteiger partial charge >= 0.3 is 0 Å². The van der Waals surface area contributed by atoms with Gasteiger partial charge in [-0.15, -0.1) is 0 Å². The van der Waals surface area contributed by atoms with E-state index in [9.17, 15) is 13.6 Å². The molecule has 0 fully saturated rings. The third-order valence-corrected chi connectivity index (χ3v) is 3.27. The van der Waals surface area contributed by atoms with E-state index in [2.05, 4.69) is 42.2 Å². The van der Waals surface area contributed by atoms with Crippen molar-refractivity contribution in [1.82, 2.24) is 4.98 Å². The van der Waals surface area contributed by atoms with E-state index in [0.29, 0.717) is 10.5 Å². The van der Waals surface area contributed by atoms with E-state index in [1.54, 1.807) is 6.07 Å². The Morgan fingerprint density at radius 3 is 2.53 bits per heavy atom. The fourth-order valence-corrected chi connectivity index (χ4v) is 2.06. The third kappa shape index (κ3) is 3.36. The first kappa shape index (κ1) is 14.1. The van der Waals surface area contributed by atoms with Crippen molar-refractivity contribution in [2.45, 2.75) is 0 Å². The van der Waals surface area contributed by atoms with Gasteiger partial charge in [-0.2, -0.15) is 0 Å². The maximum atomic E-state index is 13.5. The molecule has 1 amide bonds. The highest BCUT2D eigenvalue weighted by atomic mass is 79.9. The smallest absolute Gasteiger partial charge is 0.257 e. The van der Waals surface area contributed by atoms with Crippen LogP contribution < -0.4 is 5.32 Å². The maximum absolute atomic E-state index is 13.5. The second-order valence-corrected chi connectivity index (χ2v) is 5.36. The topological polar surface area (TPSA) is 42.0 Å². The van der Waals surface area contributed by atoms with Gasteiger partial charge in [0.05, 0.1) is 15.7 Å². The number of rotatable bonds is 2. The third-order valence-electron chi connectivity index (χ3n) is 2.23. The fraction of sp³-hybridized carbons (Fsp3) is 0. The van der Waals surface area contributed by atoms with Crippen LogP contribution in [0.25, 0.3) is 0 Å². The van der Waals surface area contributed by atoms with E-state index in [-0.39, 0.29) is 15.7 Å². The SMILES string of the molecule is O=C(Nc1cc(Br)c(F)cc1F)c1cncc(Br)c1. The number of hydrogen-bond donors (Lipinski definition) is 1. The number of hydrogen-bond acceptors (Lipinski definition) is 2. The number of carbonyl (C=O) groups is 1. The molecule has 0 atom stereocenters. The molecule has 2 aromatic rings. The molecule has 0 aliphatic carbocycles. The Kier molecular flexibility index (Phi) is 4.26. The number of nitrogens with zero attached hydrogens (tertiary/aromatic N) is 1. The largest absolute Gasteiger partial charge is 0.319 e. The van der Waals surface area contributed by atoms with E-state index in [1.165, 1.54) is 12.4 Å². The molecule has 98 valence electrons. The van der Waals surface area contributed by atoms with Crippen molar-refractivity contribution in [2.24, 2.45) is 0 Å². The van der Waals surface area contributed by atoms with Crippen LogP contribution in [0.4, 0.5) is 14.5 Å². The van der Waals surface area contributed by atoms with Gasteiger partial charge < -0.3 is 5.32 Å². The Labute approximate surface area is 124 Å². The molecule has 1 heterocycles. The summed E-state index contributed by atoms with van der Waals surface area (Å²) >= 11 is 6.10. The Balaban J connectivity index is 2.27. The molecule has 0 bridgehead atoms. The molecular formula is C12H6Br2F2N2O. The van der Waals surface area contributed by atoms with Gasteiger partial charge in [0.25, 0.3) is 5.91 Å². The Morgan fingerprint density at radius 1 is 1.11 bits per heavy atom. The van der Waals surface area contributed by atoms with Crippen molar-refractivity contribution in [3.8, 4) is 0 Å². The summed E-state index contributed by atoms with van der Waals surface area (Å²) in [6.45, 7) is 0. The van der Waals surface area contributed by atoms with Crippen LogP contribution in [0.5, 0.6) is 0 Å². The van der Waals surface area contributed by atoms with E-state index in [1.807, 2.05) is 0 Å². The van der Waals surface area contributed by atoms with Crippen LogP contribution in [-0.2, 0) is 0 Å². The molecule has 2 rings (SSSR count). The van der Waals surface area contributed by atoms with Gasteiger partial charge in [-0.1, -0.05) is 0 Å². The van der Waals surface area contributed by atoms with Crippen molar-refractivity contribution in [1.29, 1.82) is 0 Å². The molecule has 0 saturated heterocycles. The molecule has 1 N–H and O–H groups in total. The lowest BCUT2D eigenvalue weighted by Gasteiger charge is -2.07. The van der Waals surface area contributed by atoms with E-state index in [0.717, 1.165) is 6.07 Å². The van der Waals surface area contributed by atoms with E-state index < -0.39 is 17.5 Å². The van der Waals surface area contributed by atoms with E-state index in [4.69, 9.17) is 0 Å². The maximum Gasteiger partial charge on any atom is 0.257 e. The molecule has 19 heavy (non-hydrogen) atoms. The van der Waals surface area contributed by atoms with Crippen molar-refractivity contribution in [3.05, 3.63) is 56.7 Å². The van der Waals surface area contributed by atoms with Gasteiger partial charge in [0, 0.05) is 22.9 Å². The van der Waals surface area contributed by atoms with Crippen LogP contribution in [0.3, 0.4) is 0 Å². The summed E-state index contributed by atoms with van der Waals surface area (Å²) in [6, 6.07) is 3.39. The van der Waals surface area contributed by atoms with Crippen LogP contribution in [0.1, 0.15) is 10.4 Å². The average Bonchev–Trinajstić information content (AvgIpc) is 2.36. The number of amides is 1. The molecule has 0 saturated carbocycles. The zero-order chi connectivity index (χ0) is 14.0. The first-order valence-corrected chi connectivity index (χ1v) is 6.62. The summed E-state index contributed by atoms with van der Waals surface area (Å²) in [5.41, 5.74) is 0.146. The predicted molar refractivity (Wildman–Crippen MR) is 73.9 cm³/mol. The standard InChI is InChI=1S/C12H6Br2F2N2O/c13-7-1-6(4-17-5-7)12(19)18-11-2-8(14)9(15)3-10(11)16/h1-5H,(H,18,19). The van der Waals surface area contributed by atoms with Crippen LogP contribution in [0.2, 0.25) is 0 Å². The lowest BCUT2D eigenvalue weighted by atomic mass is 10.2. The molecule has 1 aromatic carbocycles. The zero-order valence-corrected chi connectivity index (χ0v) is 12.4. The number of nitrogens with one attached hydrogen (secondary N) is 1. The van der Waals surface area contributed by atoms with Crippen molar-refractivity contribution >= 4 is 43.5 Å². The molecule has 0 aliphatic heterocycles. The Hall–Kier alpha value is -1.34. The minimum atomic E-state index is -0.850. The van der Waals surface area contributed by atoms with Gasteiger partial charge in [0.1, 0.15) is 11.6 Å². The first-order chi connectivity index (χ1) is 8.97. The van der Waals surface area contributed by atoms with Crippen molar-refractivity contribution in [3.63, 3.8) is 0 Å². The summed E-state index contributed by atoms with van der Waals surface area (Å²) in [6.07, 6.45) is 2.86. The second-order valence-electron chi connectivity index (χ2n) is 3.59. The molecular weight excluding hydrogens is 386 g/mol. The van der Waals surface area contributed by atoms with Crippen molar-refractivity contribution < 1.29 is 13.6 Å². The quantitative estimate of drug-likeness (QED) is 0.782. The second kappa shape index (κ2) is 5.75. The fourth-order valence-electron chi connectivity index (χ4n) is 1.35. The molecule has 0 spiro atoms. The molecule has 7 heteroatoms. The average molecular weight is 392 g/mol. The Bertz CT molecular complexity index is 650. The van der Waals surface area contributed by atoms with Crippen LogP contribution in [-0.4, -0.2) is 10.9 Å². The summed E-state index contributed by atoms with van der Waals surface area (Å²) in [7, 11) is 0. The number of anilines is 1. The lowest BCUT2D eigenvalue weighted by Crippen LogP contribution is -2.13. The van der Waals surface area contributed by atoms with Gasteiger partial charge in [-0.3, -0.25) is 9.78 Å². The molecule has 1 aromatic heterocycles.